The summed E-state index contributed by atoms with van der Waals surface area (Å²) in [6.45, 7) is 1.89. The molecule has 0 aromatic heterocycles. The van der Waals surface area contributed by atoms with E-state index in [4.69, 9.17) is 21.5 Å². The summed E-state index contributed by atoms with van der Waals surface area (Å²) < 4.78 is 0.927. The van der Waals surface area contributed by atoms with Crippen LogP contribution in [0.25, 0.3) is 0 Å². The van der Waals surface area contributed by atoms with E-state index in [-0.39, 0.29) is 17.0 Å². The molecular formula is C13H8BrN5. The minimum Gasteiger partial charge on any atom is -0.383 e. The predicted octanol–water partition coefficient (Wildman–Crippen LogP) is 2.61. The van der Waals surface area contributed by atoms with Crippen LogP contribution >= 0.6 is 15.9 Å². The van der Waals surface area contributed by atoms with Gasteiger partial charge in [0.15, 0.2) is 5.57 Å². The first-order valence-corrected chi connectivity index (χ1v) is 5.88. The van der Waals surface area contributed by atoms with E-state index in [1.165, 1.54) is 0 Å². The largest absolute Gasteiger partial charge is 0.383 e. The van der Waals surface area contributed by atoms with Crippen molar-refractivity contribution in [2.75, 3.05) is 0 Å². The van der Waals surface area contributed by atoms with Crippen molar-refractivity contribution in [3.63, 3.8) is 0 Å². The molecule has 0 heterocycles. The molecule has 0 aliphatic heterocycles. The van der Waals surface area contributed by atoms with E-state index >= 15 is 0 Å². The summed E-state index contributed by atoms with van der Waals surface area (Å²) in [5.74, 6) is -0.151. The van der Waals surface area contributed by atoms with E-state index < -0.39 is 0 Å². The Bertz CT molecular complexity index is 679. The van der Waals surface area contributed by atoms with E-state index in [9.17, 15) is 0 Å². The molecule has 92 valence electrons. The van der Waals surface area contributed by atoms with Crippen LogP contribution < -0.4 is 5.73 Å². The first-order chi connectivity index (χ1) is 9.03. The summed E-state index contributed by atoms with van der Waals surface area (Å²) in [5, 5.41) is 26.4. The van der Waals surface area contributed by atoms with Gasteiger partial charge in [-0.05, 0) is 30.7 Å². The number of rotatable bonds is 2. The maximum atomic E-state index is 8.93. The number of halogens is 1. The van der Waals surface area contributed by atoms with Gasteiger partial charge in [-0.25, -0.2) is 4.99 Å². The molecule has 0 aliphatic rings. The van der Waals surface area contributed by atoms with Crippen LogP contribution in [0.5, 0.6) is 0 Å². The lowest BCUT2D eigenvalue weighted by Gasteiger charge is -2.02. The molecule has 1 aromatic carbocycles. The van der Waals surface area contributed by atoms with Crippen molar-refractivity contribution in [1.82, 2.24) is 0 Å². The summed E-state index contributed by atoms with van der Waals surface area (Å²) in [6.07, 6.45) is 0. The van der Waals surface area contributed by atoms with Crippen LogP contribution in [0.2, 0.25) is 0 Å². The Morgan fingerprint density at radius 2 is 1.84 bits per heavy atom. The van der Waals surface area contributed by atoms with Gasteiger partial charge in [0.1, 0.15) is 29.6 Å². The number of nitriles is 3. The van der Waals surface area contributed by atoms with E-state index in [1.807, 2.05) is 6.92 Å². The van der Waals surface area contributed by atoms with Gasteiger partial charge in [0, 0.05) is 4.47 Å². The third-order valence-corrected chi connectivity index (χ3v) is 3.12. The van der Waals surface area contributed by atoms with E-state index in [0.717, 1.165) is 10.0 Å². The summed E-state index contributed by atoms with van der Waals surface area (Å²) in [6, 6.07) is 10.2. The Labute approximate surface area is 119 Å². The normalized spacial score (nSPS) is 9.95. The van der Waals surface area contributed by atoms with E-state index in [1.54, 1.807) is 36.4 Å². The fraction of sp³-hybridized carbons (Fsp3) is 0.0769. The lowest BCUT2D eigenvalue weighted by Crippen LogP contribution is -2.15. The lowest BCUT2D eigenvalue weighted by atomic mass is 10.1. The molecule has 5 nitrogen and oxygen atoms in total. The number of aliphatic imine (C=N–C) groups is 1. The molecule has 6 heteroatoms. The number of benzene rings is 1. The Balaban J connectivity index is 3.30. The third kappa shape index (κ3) is 3.42. The first-order valence-electron chi connectivity index (χ1n) is 5.08. The highest BCUT2D eigenvalue weighted by Gasteiger charge is 2.10. The van der Waals surface area contributed by atoms with Crippen LogP contribution in [-0.2, 0) is 0 Å². The Morgan fingerprint density at radius 1 is 1.21 bits per heavy atom. The molecule has 0 saturated heterocycles. The Hall–Kier alpha value is -2.62. The monoisotopic (exact) mass is 313 g/mol. The summed E-state index contributed by atoms with van der Waals surface area (Å²) >= 11 is 3.36. The van der Waals surface area contributed by atoms with Gasteiger partial charge >= 0.3 is 0 Å². The average Bonchev–Trinajstić information content (AvgIpc) is 2.39. The van der Waals surface area contributed by atoms with Gasteiger partial charge in [0.05, 0.1) is 5.69 Å². The van der Waals surface area contributed by atoms with E-state index in [2.05, 4.69) is 20.9 Å². The molecule has 0 saturated carbocycles. The van der Waals surface area contributed by atoms with Crippen molar-refractivity contribution >= 4 is 27.5 Å². The number of aryl methyl sites for hydroxylation is 1. The predicted molar refractivity (Wildman–Crippen MR) is 74.0 cm³/mol. The third-order valence-electron chi connectivity index (χ3n) is 2.23. The zero-order valence-electron chi connectivity index (χ0n) is 9.98. The van der Waals surface area contributed by atoms with Crippen LogP contribution in [0.4, 0.5) is 5.69 Å². The highest BCUT2D eigenvalue weighted by molar-refractivity contribution is 9.10. The highest BCUT2D eigenvalue weighted by atomic mass is 79.9. The molecule has 2 N–H and O–H groups in total. The van der Waals surface area contributed by atoms with Crippen molar-refractivity contribution in [3.05, 3.63) is 39.4 Å². The van der Waals surface area contributed by atoms with E-state index in [0.29, 0.717) is 5.69 Å². The number of hydrogen-bond donors (Lipinski definition) is 1. The highest BCUT2D eigenvalue weighted by Crippen LogP contribution is 2.22. The zero-order valence-corrected chi connectivity index (χ0v) is 11.6. The molecule has 0 spiro atoms. The van der Waals surface area contributed by atoms with Crippen molar-refractivity contribution in [3.8, 4) is 18.2 Å². The van der Waals surface area contributed by atoms with Crippen molar-refractivity contribution in [2.24, 2.45) is 10.7 Å². The second kappa shape index (κ2) is 6.35. The molecule has 0 radical (unpaired) electrons. The molecule has 0 fully saturated rings. The number of hydrogen-bond acceptors (Lipinski definition) is 4. The number of nitrogens with two attached hydrogens (primary N) is 1. The second-order valence-corrected chi connectivity index (χ2v) is 4.37. The Kier molecular flexibility index (Phi) is 4.83. The molecule has 0 amide bonds. The van der Waals surface area contributed by atoms with Crippen molar-refractivity contribution in [1.29, 1.82) is 15.8 Å². The van der Waals surface area contributed by atoms with Crippen LogP contribution in [0.15, 0.2) is 38.8 Å². The number of amidine groups is 1. The standard InChI is InChI=1S/C13H8BrN5/c1-8-4-10(2-3-12(8)14)19-13(18)11(7-17)9(5-15)6-16/h2-4H,1H3,(H2,18,19). The molecule has 0 bridgehead atoms. The summed E-state index contributed by atoms with van der Waals surface area (Å²) in [7, 11) is 0. The van der Waals surface area contributed by atoms with Crippen LogP contribution in [0, 0.1) is 40.9 Å². The number of allylic oxidation sites excluding steroid dienone is 1. The quantitative estimate of drug-likeness (QED) is 0.514. The van der Waals surface area contributed by atoms with Crippen LogP contribution in [-0.4, -0.2) is 5.84 Å². The zero-order chi connectivity index (χ0) is 14.4. The molecule has 1 rings (SSSR count). The maximum absolute atomic E-state index is 8.93. The second-order valence-electron chi connectivity index (χ2n) is 3.52. The molecule has 0 aliphatic carbocycles. The maximum Gasteiger partial charge on any atom is 0.151 e. The first kappa shape index (κ1) is 14.4. The molecule has 1 aromatic rings. The van der Waals surface area contributed by atoms with Crippen LogP contribution in [0.3, 0.4) is 0 Å². The van der Waals surface area contributed by atoms with Gasteiger partial charge in [-0.2, -0.15) is 15.8 Å². The van der Waals surface area contributed by atoms with Gasteiger partial charge in [-0.3, -0.25) is 0 Å². The van der Waals surface area contributed by atoms with Gasteiger partial charge in [-0.1, -0.05) is 15.9 Å². The van der Waals surface area contributed by atoms with Crippen LogP contribution in [0.1, 0.15) is 5.56 Å². The lowest BCUT2D eigenvalue weighted by molar-refractivity contribution is 1.37. The molecule has 0 atom stereocenters. The summed E-state index contributed by atoms with van der Waals surface area (Å²) in [4.78, 5) is 4.04. The molecule has 0 unspecified atom stereocenters. The molecule has 19 heavy (non-hydrogen) atoms. The van der Waals surface area contributed by atoms with Gasteiger partial charge in [-0.15, -0.1) is 0 Å². The van der Waals surface area contributed by atoms with Crippen molar-refractivity contribution in [2.45, 2.75) is 6.92 Å². The Morgan fingerprint density at radius 3 is 2.32 bits per heavy atom. The minimum absolute atomic E-state index is 0.151. The summed E-state index contributed by atoms with van der Waals surface area (Å²) in [5.41, 5.74) is 6.59. The topological polar surface area (TPSA) is 110 Å². The van der Waals surface area contributed by atoms with Gasteiger partial charge in [0.25, 0.3) is 0 Å². The smallest absolute Gasteiger partial charge is 0.151 e. The SMILES string of the molecule is Cc1cc(N=C(N)C(C#N)=C(C#N)C#N)ccc1Br. The van der Waals surface area contributed by atoms with Gasteiger partial charge in [0.2, 0.25) is 0 Å². The molecular weight excluding hydrogens is 306 g/mol. The van der Waals surface area contributed by atoms with Gasteiger partial charge < -0.3 is 5.73 Å². The van der Waals surface area contributed by atoms with Crippen molar-refractivity contribution < 1.29 is 0 Å². The minimum atomic E-state index is -0.349. The fourth-order valence-electron chi connectivity index (χ4n) is 1.27. The number of nitrogens with zero attached hydrogens (tertiary/aromatic N) is 4. The average molecular weight is 314 g/mol. The fourth-order valence-corrected chi connectivity index (χ4v) is 1.52.